The number of methoxy groups -OCH3 is 2. The second kappa shape index (κ2) is 9.08. The quantitative estimate of drug-likeness (QED) is 0.631. The number of sulfonamides is 1. The van der Waals surface area contributed by atoms with E-state index in [0.717, 1.165) is 4.31 Å². The number of hydrogen-bond acceptors (Lipinski definition) is 7. The highest BCUT2D eigenvalue weighted by Gasteiger charge is 2.41. The van der Waals surface area contributed by atoms with Crippen LogP contribution in [-0.4, -0.2) is 58.0 Å². The van der Waals surface area contributed by atoms with Crippen molar-refractivity contribution >= 4 is 44.8 Å². The third-order valence-electron chi connectivity index (χ3n) is 5.42. The summed E-state index contributed by atoms with van der Waals surface area (Å²) in [6.45, 7) is -0.0775. The molecular formula is C21H22ClN3O7S. The van der Waals surface area contributed by atoms with E-state index in [2.05, 4.69) is 10.6 Å². The second-order valence-corrected chi connectivity index (χ2v) is 9.71. The summed E-state index contributed by atoms with van der Waals surface area (Å²) in [4.78, 5) is 24.4. The van der Waals surface area contributed by atoms with Crippen molar-refractivity contribution in [3.8, 4) is 17.2 Å². The molecule has 0 saturated carbocycles. The van der Waals surface area contributed by atoms with E-state index >= 15 is 0 Å². The Bertz CT molecular complexity index is 1220. The lowest BCUT2D eigenvalue weighted by Gasteiger charge is -2.25. The number of hydrogen-bond donors (Lipinski definition) is 2. The number of anilines is 2. The molecule has 10 nitrogen and oxygen atoms in total. The summed E-state index contributed by atoms with van der Waals surface area (Å²) in [7, 11) is -1.18. The van der Waals surface area contributed by atoms with Gasteiger partial charge in [-0.1, -0.05) is 11.6 Å². The monoisotopic (exact) mass is 495 g/mol. The molecule has 2 aliphatic rings. The maximum absolute atomic E-state index is 13.5. The van der Waals surface area contributed by atoms with E-state index in [9.17, 15) is 18.0 Å². The second-order valence-electron chi connectivity index (χ2n) is 7.44. The van der Waals surface area contributed by atoms with Gasteiger partial charge in [-0.3, -0.25) is 9.59 Å². The number of nitrogens with zero attached hydrogens (tertiary/aromatic N) is 1. The molecule has 0 aliphatic carbocycles. The Kier molecular flexibility index (Phi) is 6.37. The third-order valence-corrected chi connectivity index (χ3v) is 7.80. The van der Waals surface area contributed by atoms with E-state index in [1.807, 2.05) is 0 Å². The van der Waals surface area contributed by atoms with E-state index in [4.69, 9.17) is 25.8 Å². The Morgan fingerprint density at radius 3 is 2.76 bits per heavy atom. The van der Waals surface area contributed by atoms with Gasteiger partial charge in [-0.05, 0) is 31.0 Å². The molecule has 12 heteroatoms. The van der Waals surface area contributed by atoms with Crippen molar-refractivity contribution in [2.45, 2.75) is 23.8 Å². The van der Waals surface area contributed by atoms with Gasteiger partial charge in [-0.15, -0.1) is 0 Å². The van der Waals surface area contributed by atoms with Gasteiger partial charge in [0.25, 0.3) is 5.91 Å². The number of benzene rings is 2. The minimum atomic E-state index is -4.14. The van der Waals surface area contributed by atoms with Crippen LogP contribution >= 0.6 is 11.6 Å². The standard InChI is InChI=1S/C21H22ClN3O7S/c1-30-12-5-6-17(31-2)14(8-12)24-21(27)16-4-3-7-25(16)33(28,29)19-10-18-15(9-13(19)22)23-20(26)11-32-18/h5-6,8-10,16H,3-4,7,11H2,1-2H3,(H,23,26)(H,24,27)/t16-/m1/s1. The van der Waals surface area contributed by atoms with Crippen molar-refractivity contribution in [1.29, 1.82) is 0 Å². The van der Waals surface area contributed by atoms with Crippen LogP contribution in [0.5, 0.6) is 17.2 Å². The number of nitrogens with one attached hydrogen (secondary N) is 2. The molecule has 2 aliphatic heterocycles. The highest BCUT2D eigenvalue weighted by Crippen LogP contribution is 2.38. The Hall–Kier alpha value is -3.02. The van der Waals surface area contributed by atoms with Crippen LogP contribution in [0.2, 0.25) is 5.02 Å². The van der Waals surface area contributed by atoms with Gasteiger partial charge in [0.1, 0.15) is 28.2 Å². The molecule has 0 bridgehead atoms. The van der Waals surface area contributed by atoms with Crippen molar-refractivity contribution in [2.24, 2.45) is 0 Å². The van der Waals surface area contributed by atoms with Crippen molar-refractivity contribution in [3.63, 3.8) is 0 Å². The van der Waals surface area contributed by atoms with Gasteiger partial charge in [-0.25, -0.2) is 8.42 Å². The molecule has 0 radical (unpaired) electrons. The average molecular weight is 496 g/mol. The molecule has 2 heterocycles. The smallest absolute Gasteiger partial charge is 0.262 e. The van der Waals surface area contributed by atoms with Gasteiger partial charge in [0.15, 0.2) is 6.61 Å². The molecule has 4 rings (SSSR count). The minimum Gasteiger partial charge on any atom is -0.497 e. The fourth-order valence-corrected chi connectivity index (χ4v) is 6.00. The number of amides is 2. The molecule has 2 N–H and O–H groups in total. The summed E-state index contributed by atoms with van der Waals surface area (Å²) in [5.41, 5.74) is 0.651. The largest absolute Gasteiger partial charge is 0.497 e. The number of ether oxygens (including phenoxy) is 3. The number of fused-ring (bicyclic) bond motifs is 1. The van der Waals surface area contributed by atoms with E-state index in [0.29, 0.717) is 30.0 Å². The number of carbonyl (C=O) groups excluding carboxylic acids is 2. The topological polar surface area (TPSA) is 123 Å². The van der Waals surface area contributed by atoms with Crippen LogP contribution in [0.1, 0.15) is 12.8 Å². The zero-order valence-corrected chi connectivity index (χ0v) is 19.5. The summed E-state index contributed by atoms with van der Waals surface area (Å²) in [6, 6.07) is 6.57. The summed E-state index contributed by atoms with van der Waals surface area (Å²) in [6.07, 6.45) is 0.841. The SMILES string of the molecule is COc1ccc(OC)c(NC(=O)[C@H]2CCCN2S(=O)(=O)c2cc3c(cc2Cl)NC(=O)CO3)c1. The maximum atomic E-state index is 13.5. The van der Waals surface area contributed by atoms with Crippen molar-refractivity contribution < 1.29 is 32.2 Å². The zero-order chi connectivity index (χ0) is 23.8. The first-order valence-electron chi connectivity index (χ1n) is 10.1. The highest BCUT2D eigenvalue weighted by molar-refractivity contribution is 7.89. The van der Waals surface area contributed by atoms with Gasteiger partial charge in [0, 0.05) is 18.7 Å². The van der Waals surface area contributed by atoms with E-state index in [1.165, 1.54) is 26.4 Å². The van der Waals surface area contributed by atoms with Crippen LogP contribution in [0.3, 0.4) is 0 Å². The molecule has 2 aromatic rings. The molecular weight excluding hydrogens is 474 g/mol. The highest BCUT2D eigenvalue weighted by atomic mass is 35.5. The molecule has 33 heavy (non-hydrogen) atoms. The molecule has 1 fully saturated rings. The molecule has 1 atom stereocenters. The molecule has 2 aromatic carbocycles. The summed E-state index contributed by atoms with van der Waals surface area (Å²) < 4.78 is 43.9. The molecule has 0 unspecified atom stereocenters. The first-order chi connectivity index (χ1) is 15.7. The zero-order valence-electron chi connectivity index (χ0n) is 17.9. The lowest BCUT2D eigenvalue weighted by Crippen LogP contribution is -2.43. The van der Waals surface area contributed by atoms with E-state index < -0.39 is 22.0 Å². The fraction of sp³-hybridized carbons (Fsp3) is 0.333. The van der Waals surface area contributed by atoms with Crippen LogP contribution < -0.4 is 24.8 Å². The van der Waals surface area contributed by atoms with Crippen molar-refractivity contribution in [2.75, 3.05) is 38.0 Å². The predicted octanol–water partition coefficient (Wildman–Crippen LogP) is 2.48. The minimum absolute atomic E-state index is 0.0833. The lowest BCUT2D eigenvalue weighted by atomic mass is 10.2. The molecule has 176 valence electrons. The first kappa shape index (κ1) is 23.1. The molecule has 0 spiro atoms. The third kappa shape index (κ3) is 4.43. The van der Waals surface area contributed by atoms with Gasteiger partial charge in [0.2, 0.25) is 15.9 Å². The van der Waals surface area contributed by atoms with Crippen molar-refractivity contribution in [1.82, 2.24) is 4.31 Å². The maximum Gasteiger partial charge on any atom is 0.262 e. The first-order valence-corrected chi connectivity index (χ1v) is 11.9. The van der Waals surface area contributed by atoms with Gasteiger partial charge in [0.05, 0.1) is 30.6 Å². The molecule has 1 saturated heterocycles. The predicted molar refractivity (Wildman–Crippen MR) is 121 cm³/mol. The summed E-state index contributed by atoms with van der Waals surface area (Å²) in [5.74, 6) is 0.251. The lowest BCUT2D eigenvalue weighted by molar-refractivity contribution is -0.119. The average Bonchev–Trinajstić information content (AvgIpc) is 3.29. The van der Waals surface area contributed by atoms with Crippen LogP contribution in [0.25, 0.3) is 0 Å². The normalized spacial score (nSPS) is 18.2. The fourth-order valence-electron chi connectivity index (χ4n) is 3.82. The van der Waals surface area contributed by atoms with Crippen LogP contribution in [0.15, 0.2) is 35.2 Å². The summed E-state index contributed by atoms with van der Waals surface area (Å²) in [5, 5.41) is 5.24. The van der Waals surface area contributed by atoms with Crippen LogP contribution in [-0.2, 0) is 19.6 Å². The van der Waals surface area contributed by atoms with E-state index in [-0.39, 0.29) is 40.4 Å². The number of halogens is 1. The van der Waals surface area contributed by atoms with Crippen LogP contribution in [0.4, 0.5) is 11.4 Å². The number of carbonyl (C=O) groups is 2. The van der Waals surface area contributed by atoms with Gasteiger partial charge in [-0.2, -0.15) is 4.31 Å². The molecule has 2 amide bonds. The van der Waals surface area contributed by atoms with Gasteiger partial charge >= 0.3 is 0 Å². The van der Waals surface area contributed by atoms with E-state index in [1.54, 1.807) is 18.2 Å². The number of rotatable bonds is 6. The Labute approximate surface area is 195 Å². The Morgan fingerprint density at radius 1 is 1.24 bits per heavy atom. The molecule has 0 aromatic heterocycles. The van der Waals surface area contributed by atoms with Gasteiger partial charge < -0.3 is 24.8 Å². The summed E-state index contributed by atoms with van der Waals surface area (Å²) >= 11 is 6.26. The van der Waals surface area contributed by atoms with Crippen LogP contribution in [0, 0.1) is 0 Å². The Balaban J connectivity index is 1.62. The van der Waals surface area contributed by atoms with Crippen molar-refractivity contribution in [3.05, 3.63) is 35.4 Å². The Morgan fingerprint density at radius 2 is 2.03 bits per heavy atom.